The van der Waals surface area contributed by atoms with Gasteiger partial charge in [0.05, 0.1) is 22.9 Å². The zero-order chi connectivity index (χ0) is 26.3. The van der Waals surface area contributed by atoms with Crippen LogP contribution < -0.4 is 24.9 Å². The molecule has 5 rings (SSSR count). The molecule has 9 heteroatoms. The Hall–Kier alpha value is -4.37. The molecule has 0 radical (unpaired) electrons. The Labute approximate surface area is 216 Å². The van der Waals surface area contributed by atoms with Crippen LogP contribution in [-0.2, 0) is 4.79 Å². The van der Waals surface area contributed by atoms with Crippen molar-refractivity contribution >= 4 is 29.0 Å². The van der Waals surface area contributed by atoms with E-state index in [0.717, 1.165) is 5.56 Å². The molecule has 2 aromatic carbocycles. The SMILES string of the molecule is COc1cc(C=c2sc3n(c2=O)C(c2ccc(C)o2)C(C(=O)Nc2ccccc2C)=C(C)N=3)ccc1O. The third-order valence-corrected chi connectivity index (χ3v) is 7.17. The van der Waals surface area contributed by atoms with Crippen LogP contribution in [-0.4, -0.2) is 22.7 Å². The molecular weight excluding hydrogens is 490 g/mol. The van der Waals surface area contributed by atoms with E-state index in [9.17, 15) is 14.7 Å². The second kappa shape index (κ2) is 9.59. The molecule has 0 bridgehead atoms. The van der Waals surface area contributed by atoms with Crippen molar-refractivity contribution < 1.29 is 19.1 Å². The number of nitrogens with one attached hydrogen (secondary N) is 1. The number of rotatable bonds is 5. The standard InChI is InChI=1S/C28H25N3O5S/c1-15-7-5-6-8-19(15)30-26(33)24-17(3)29-28-31(25(24)21-12-9-16(2)36-21)27(34)23(37-28)14-18-10-11-20(32)22(13-18)35-4/h5-14,25,32H,1-4H3,(H,30,33). The van der Waals surface area contributed by atoms with Gasteiger partial charge in [-0.1, -0.05) is 35.6 Å². The van der Waals surface area contributed by atoms with E-state index in [2.05, 4.69) is 10.3 Å². The van der Waals surface area contributed by atoms with Crippen LogP contribution in [0.15, 0.2) is 80.1 Å². The van der Waals surface area contributed by atoms with Crippen molar-refractivity contribution in [3.8, 4) is 11.5 Å². The molecule has 0 aliphatic carbocycles. The molecule has 3 heterocycles. The second-order valence-corrected chi connectivity index (χ2v) is 9.74. The maximum atomic E-state index is 13.7. The number of allylic oxidation sites excluding steroid dienone is 1. The highest BCUT2D eigenvalue weighted by Crippen LogP contribution is 2.32. The van der Waals surface area contributed by atoms with E-state index >= 15 is 0 Å². The highest BCUT2D eigenvalue weighted by Gasteiger charge is 2.34. The van der Waals surface area contributed by atoms with Crippen LogP contribution in [0.3, 0.4) is 0 Å². The summed E-state index contributed by atoms with van der Waals surface area (Å²) in [6, 6.07) is 15.1. The number of aromatic hydroxyl groups is 1. The summed E-state index contributed by atoms with van der Waals surface area (Å²) in [7, 11) is 1.46. The largest absolute Gasteiger partial charge is 0.504 e. The van der Waals surface area contributed by atoms with Gasteiger partial charge in [-0.3, -0.25) is 14.2 Å². The van der Waals surface area contributed by atoms with Crippen LogP contribution in [0.5, 0.6) is 11.5 Å². The van der Waals surface area contributed by atoms with Crippen molar-refractivity contribution in [3.63, 3.8) is 0 Å². The van der Waals surface area contributed by atoms with Crippen molar-refractivity contribution in [1.82, 2.24) is 4.57 Å². The Balaban J connectivity index is 1.66. The number of phenols is 1. The Kier molecular flexibility index (Phi) is 6.31. The number of amides is 1. The minimum absolute atomic E-state index is 0.00855. The average molecular weight is 516 g/mol. The summed E-state index contributed by atoms with van der Waals surface area (Å²) >= 11 is 1.22. The van der Waals surface area contributed by atoms with Crippen molar-refractivity contribution in [2.75, 3.05) is 12.4 Å². The number of furan rings is 1. The number of carbonyl (C=O) groups excluding carboxylic acids is 1. The predicted molar refractivity (Wildman–Crippen MR) is 142 cm³/mol. The number of carbonyl (C=O) groups is 1. The smallest absolute Gasteiger partial charge is 0.271 e. The van der Waals surface area contributed by atoms with Crippen molar-refractivity contribution in [1.29, 1.82) is 0 Å². The van der Waals surface area contributed by atoms with Gasteiger partial charge in [0.15, 0.2) is 16.3 Å². The number of aryl methyl sites for hydroxylation is 2. The molecule has 8 nitrogen and oxygen atoms in total. The highest BCUT2D eigenvalue weighted by atomic mass is 32.1. The first kappa shape index (κ1) is 24.3. The normalized spacial score (nSPS) is 15.4. The summed E-state index contributed by atoms with van der Waals surface area (Å²) in [5, 5.41) is 12.9. The maximum absolute atomic E-state index is 13.7. The van der Waals surface area contributed by atoms with Crippen molar-refractivity contribution in [2.45, 2.75) is 26.8 Å². The van der Waals surface area contributed by atoms with Crippen LogP contribution in [0.4, 0.5) is 5.69 Å². The molecule has 2 N–H and O–H groups in total. The van der Waals surface area contributed by atoms with E-state index in [1.165, 1.54) is 29.1 Å². The number of nitrogens with zero attached hydrogens (tertiary/aromatic N) is 2. The maximum Gasteiger partial charge on any atom is 0.271 e. The van der Waals surface area contributed by atoms with Gasteiger partial charge in [-0.2, -0.15) is 0 Å². The van der Waals surface area contributed by atoms with Gasteiger partial charge in [0.2, 0.25) is 0 Å². The molecular formula is C28H25N3O5S. The van der Waals surface area contributed by atoms with Crippen molar-refractivity contribution in [3.05, 3.63) is 108 Å². The molecule has 1 amide bonds. The quantitative estimate of drug-likeness (QED) is 0.421. The van der Waals surface area contributed by atoms with Gasteiger partial charge in [-0.05, 0) is 68.3 Å². The number of thiazole rings is 1. The fraction of sp³-hybridized carbons (Fsp3) is 0.179. The number of benzene rings is 2. The average Bonchev–Trinajstić information content (AvgIpc) is 3.43. The van der Waals surface area contributed by atoms with Gasteiger partial charge < -0.3 is 19.6 Å². The number of aromatic nitrogens is 1. The van der Waals surface area contributed by atoms with Crippen LogP contribution in [0.2, 0.25) is 0 Å². The molecule has 1 unspecified atom stereocenters. The first-order chi connectivity index (χ1) is 17.8. The Morgan fingerprint density at radius 3 is 2.65 bits per heavy atom. The number of anilines is 1. The van der Waals surface area contributed by atoms with E-state index in [4.69, 9.17) is 9.15 Å². The van der Waals surface area contributed by atoms with Gasteiger partial charge in [0.25, 0.3) is 11.5 Å². The van der Waals surface area contributed by atoms with Crippen LogP contribution in [0.1, 0.15) is 35.6 Å². The second-order valence-electron chi connectivity index (χ2n) is 8.73. The fourth-order valence-electron chi connectivity index (χ4n) is 4.32. The van der Waals surface area contributed by atoms with Crippen LogP contribution in [0, 0.1) is 13.8 Å². The summed E-state index contributed by atoms with van der Waals surface area (Å²) in [5.74, 6) is 1.10. The Bertz CT molecular complexity index is 1740. The molecule has 0 saturated heterocycles. The molecule has 37 heavy (non-hydrogen) atoms. The Morgan fingerprint density at radius 1 is 1.16 bits per heavy atom. The topological polar surface area (TPSA) is 106 Å². The Morgan fingerprint density at radius 2 is 1.95 bits per heavy atom. The summed E-state index contributed by atoms with van der Waals surface area (Å²) in [4.78, 5) is 32.4. The van der Waals surface area contributed by atoms with Gasteiger partial charge >= 0.3 is 0 Å². The summed E-state index contributed by atoms with van der Waals surface area (Å²) in [6.07, 6.45) is 1.71. The van der Waals surface area contributed by atoms with E-state index < -0.39 is 6.04 Å². The number of ether oxygens (including phenoxy) is 1. The molecule has 0 saturated carbocycles. The van der Waals surface area contributed by atoms with Crippen LogP contribution >= 0.6 is 11.3 Å². The monoisotopic (exact) mass is 515 g/mol. The van der Waals surface area contributed by atoms with E-state index in [1.54, 1.807) is 37.3 Å². The first-order valence-corrected chi connectivity index (χ1v) is 12.4. The van der Waals surface area contributed by atoms with Crippen LogP contribution in [0.25, 0.3) is 6.08 Å². The lowest BCUT2D eigenvalue weighted by molar-refractivity contribution is -0.113. The minimum atomic E-state index is -0.787. The molecule has 1 atom stereocenters. The third kappa shape index (κ3) is 4.49. The lowest BCUT2D eigenvalue weighted by Gasteiger charge is -2.23. The summed E-state index contributed by atoms with van der Waals surface area (Å²) in [5.41, 5.74) is 2.82. The van der Waals surface area contributed by atoms with Gasteiger partial charge in [0, 0.05) is 5.69 Å². The molecule has 0 fully saturated rings. The first-order valence-electron chi connectivity index (χ1n) is 11.6. The highest BCUT2D eigenvalue weighted by molar-refractivity contribution is 7.07. The van der Waals surface area contributed by atoms with Gasteiger partial charge in [0.1, 0.15) is 17.6 Å². The third-order valence-electron chi connectivity index (χ3n) is 6.19. The molecule has 2 aromatic heterocycles. The number of para-hydroxylation sites is 1. The molecule has 188 valence electrons. The van der Waals surface area contributed by atoms with Crippen molar-refractivity contribution in [2.24, 2.45) is 4.99 Å². The molecule has 1 aliphatic rings. The predicted octanol–water partition coefficient (Wildman–Crippen LogP) is 3.80. The lowest BCUT2D eigenvalue weighted by atomic mass is 10.00. The van der Waals surface area contributed by atoms with Gasteiger partial charge in [-0.25, -0.2) is 4.99 Å². The zero-order valence-corrected chi connectivity index (χ0v) is 21.6. The number of hydrogen-bond donors (Lipinski definition) is 2. The summed E-state index contributed by atoms with van der Waals surface area (Å²) < 4.78 is 13.1. The zero-order valence-electron chi connectivity index (χ0n) is 20.7. The fourth-order valence-corrected chi connectivity index (χ4v) is 5.37. The number of phenolic OH excluding ortho intramolecular Hbond substituents is 1. The molecule has 0 spiro atoms. The van der Waals surface area contributed by atoms with E-state index in [-0.39, 0.29) is 17.2 Å². The van der Waals surface area contributed by atoms with E-state index in [1.807, 2.05) is 38.1 Å². The number of methoxy groups -OCH3 is 1. The van der Waals surface area contributed by atoms with Gasteiger partial charge in [-0.15, -0.1) is 0 Å². The number of hydrogen-bond acceptors (Lipinski definition) is 7. The summed E-state index contributed by atoms with van der Waals surface area (Å²) in [6.45, 7) is 5.49. The number of fused-ring (bicyclic) bond motifs is 1. The molecule has 1 aliphatic heterocycles. The minimum Gasteiger partial charge on any atom is -0.504 e. The van der Waals surface area contributed by atoms with E-state index in [0.29, 0.717) is 49.1 Å². The lowest BCUT2D eigenvalue weighted by Crippen LogP contribution is -2.40. The molecule has 4 aromatic rings.